The molecule has 0 radical (unpaired) electrons. The summed E-state index contributed by atoms with van der Waals surface area (Å²) in [6.07, 6.45) is 7.48. The van der Waals surface area contributed by atoms with Gasteiger partial charge in [0.2, 0.25) is 0 Å². The zero-order chi connectivity index (χ0) is 26.0. The number of aromatic nitrogens is 4. The third-order valence-corrected chi connectivity index (χ3v) is 9.78. The smallest absolute Gasteiger partial charge is 0.285 e. The van der Waals surface area contributed by atoms with Gasteiger partial charge < -0.3 is 4.80 Å². The monoisotopic (exact) mass is 708 g/mol. The summed E-state index contributed by atoms with van der Waals surface area (Å²) in [6.45, 7) is 1.50. The van der Waals surface area contributed by atoms with Gasteiger partial charge in [-0.2, -0.15) is 34.5 Å². The van der Waals surface area contributed by atoms with E-state index in [1.54, 1.807) is 12.4 Å². The molecule has 0 aliphatic carbocycles. The van der Waals surface area contributed by atoms with Crippen molar-refractivity contribution in [3.63, 3.8) is 0 Å². The van der Waals surface area contributed by atoms with Crippen molar-refractivity contribution in [2.75, 3.05) is 0 Å². The molecule has 0 aliphatic rings. The van der Waals surface area contributed by atoms with Gasteiger partial charge in [0.15, 0.2) is 0 Å². The average Bonchev–Trinajstić information content (AvgIpc) is 3.69. The fraction of sp³-hybridized carbons (Fsp3) is 0.0625. The molecule has 2 aromatic heterocycles. The van der Waals surface area contributed by atoms with Crippen LogP contribution in [-0.2, 0) is 34.2 Å². The van der Waals surface area contributed by atoms with Gasteiger partial charge in [-0.1, -0.05) is 91.0 Å². The first-order chi connectivity index (χ1) is 18.7. The maximum Gasteiger partial charge on any atom is 0.285 e. The third kappa shape index (κ3) is 7.18. The summed E-state index contributed by atoms with van der Waals surface area (Å²) in [5.41, 5.74) is 2.26. The van der Waals surface area contributed by atoms with Crippen LogP contribution < -0.4 is 15.6 Å². The van der Waals surface area contributed by atoms with Crippen molar-refractivity contribution >= 4 is 23.9 Å². The molecule has 4 aromatic carbocycles. The second-order valence-corrected chi connectivity index (χ2v) is 12.1. The minimum Gasteiger partial charge on any atom is -0.421 e. The third-order valence-electron chi connectivity index (χ3n) is 6.27. The Kier molecular flexibility index (Phi) is 9.98. The Morgan fingerprint density at radius 2 is 0.923 bits per heavy atom. The Morgan fingerprint density at radius 3 is 1.26 bits per heavy atom. The van der Waals surface area contributed by atoms with Gasteiger partial charge in [-0.15, -0.1) is 11.1 Å². The van der Waals surface area contributed by atoms with Gasteiger partial charge in [-0.05, 0) is 27.7 Å². The van der Waals surface area contributed by atoms with Gasteiger partial charge in [-0.25, -0.2) is 0 Å². The van der Waals surface area contributed by atoms with Gasteiger partial charge in [0.1, 0.15) is 0 Å². The molecule has 0 unspecified atom stereocenters. The quantitative estimate of drug-likeness (QED) is 0.157. The van der Waals surface area contributed by atoms with E-state index >= 15 is 0 Å². The molecule has 7 heteroatoms. The second-order valence-electron chi connectivity index (χ2n) is 8.92. The van der Waals surface area contributed by atoms with Crippen LogP contribution in [0.25, 0.3) is 0 Å². The first kappa shape index (κ1) is 28.2. The average molecular weight is 709 g/mol. The molecule has 0 amide bonds. The summed E-state index contributed by atoms with van der Waals surface area (Å²) in [5, 5.41) is 11.4. The standard InChI is InChI=1S/C18H16OSi.C14H13N4.Pt/c19-20(16-10-4-1-5-11-16,17-12-6-2-7-13-17)18-14-8-3-9-15-18;1-4-13(11-17-8-2-6-15-17)10-14(5-1)12-18-9-3-7-16-18;/h1-15,19H;1-9H,11-12H2;/q;-1;. The van der Waals surface area contributed by atoms with Crippen molar-refractivity contribution in [2.24, 2.45) is 0 Å². The molecule has 198 valence electrons. The zero-order valence-corrected chi connectivity index (χ0v) is 24.6. The molecule has 0 spiro atoms. The van der Waals surface area contributed by atoms with Crippen LogP contribution in [0.5, 0.6) is 0 Å². The van der Waals surface area contributed by atoms with Gasteiger partial charge in [0, 0.05) is 58.9 Å². The SMILES string of the molecule is O[Si](c1ccccc1)(c1ccccc1)c1ccccc1.[Pt].[c-]1c(Cn2cccn2)cccc1Cn1cccn1. The molecular weight excluding hydrogens is 680 g/mol. The van der Waals surface area contributed by atoms with Crippen molar-refractivity contribution in [3.8, 4) is 0 Å². The number of nitrogens with zero attached hydrogens (tertiary/aromatic N) is 4. The number of hydrogen-bond donors (Lipinski definition) is 1. The molecule has 2 heterocycles. The van der Waals surface area contributed by atoms with Crippen molar-refractivity contribution in [1.82, 2.24) is 19.6 Å². The normalized spacial score (nSPS) is 10.7. The summed E-state index contributed by atoms with van der Waals surface area (Å²) in [7, 11) is -2.88. The fourth-order valence-corrected chi connectivity index (χ4v) is 7.45. The molecule has 0 aliphatic heterocycles. The van der Waals surface area contributed by atoms with E-state index in [0.29, 0.717) is 0 Å². The Bertz CT molecular complexity index is 1360. The molecule has 0 saturated heterocycles. The van der Waals surface area contributed by atoms with E-state index in [0.717, 1.165) is 39.8 Å². The molecule has 39 heavy (non-hydrogen) atoms. The molecule has 5 nitrogen and oxygen atoms in total. The molecule has 0 atom stereocenters. The molecule has 6 aromatic rings. The summed E-state index contributed by atoms with van der Waals surface area (Å²) in [6, 6.07) is 43.4. The van der Waals surface area contributed by atoms with Gasteiger partial charge in [-0.3, -0.25) is 9.36 Å². The van der Waals surface area contributed by atoms with E-state index in [1.807, 2.05) is 131 Å². The summed E-state index contributed by atoms with van der Waals surface area (Å²) < 4.78 is 3.78. The Hall–Kier alpha value is -3.83. The van der Waals surface area contributed by atoms with Crippen LogP contribution in [0.4, 0.5) is 0 Å². The van der Waals surface area contributed by atoms with E-state index in [9.17, 15) is 4.80 Å². The van der Waals surface area contributed by atoms with E-state index in [2.05, 4.69) is 28.4 Å². The number of hydrogen-bond acceptors (Lipinski definition) is 3. The van der Waals surface area contributed by atoms with Crippen LogP contribution in [0.1, 0.15) is 11.1 Å². The van der Waals surface area contributed by atoms with E-state index in [4.69, 9.17) is 0 Å². The molecule has 0 bridgehead atoms. The Labute approximate surface area is 244 Å². The van der Waals surface area contributed by atoms with Crippen molar-refractivity contribution in [3.05, 3.63) is 163 Å². The molecule has 0 saturated carbocycles. The van der Waals surface area contributed by atoms with Crippen molar-refractivity contribution < 1.29 is 25.9 Å². The summed E-state index contributed by atoms with van der Waals surface area (Å²) >= 11 is 0. The second kappa shape index (κ2) is 13.8. The van der Waals surface area contributed by atoms with Crippen LogP contribution in [0.2, 0.25) is 0 Å². The summed E-state index contributed by atoms with van der Waals surface area (Å²) in [4.78, 5) is 11.6. The number of benzene rings is 4. The summed E-state index contributed by atoms with van der Waals surface area (Å²) in [5.74, 6) is 0. The van der Waals surface area contributed by atoms with Crippen LogP contribution in [-0.4, -0.2) is 32.7 Å². The van der Waals surface area contributed by atoms with E-state index < -0.39 is 8.32 Å². The van der Waals surface area contributed by atoms with Crippen molar-refractivity contribution in [1.29, 1.82) is 0 Å². The molecule has 1 N–H and O–H groups in total. The van der Waals surface area contributed by atoms with Crippen LogP contribution in [0, 0.1) is 6.07 Å². The Balaban J connectivity index is 0.000000177. The predicted molar refractivity (Wildman–Crippen MR) is 154 cm³/mol. The van der Waals surface area contributed by atoms with E-state index in [1.165, 1.54) is 0 Å². The Morgan fingerprint density at radius 1 is 0.538 bits per heavy atom. The first-order valence-corrected chi connectivity index (χ1v) is 14.5. The van der Waals surface area contributed by atoms with Crippen LogP contribution >= 0.6 is 0 Å². The van der Waals surface area contributed by atoms with Crippen LogP contribution in [0.3, 0.4) is 0 Å². The van der Waals surface area contributed by atoms with Gasteiger partial charge in [0.05, 0.1) is 0 Å². The fourth-order valence-electron chi connectivity index (χ4n) is 4.43. The largest absolute Gasteiger partial charge is 0.421 e. The topological polar surface area (TPSA) is 55.9 Å². The van der Waals surface area contributed by atoms with Gasteiger partial charge >= 0.3 is 0 Å². The predicted octanol–water partition coefficient (Wildman–Crippen LogP) is 3.62. The maximum atomic E-state index is 11.6. The maximum absolute atomic E-state index is 11.6. The van der Waals surface area contributed by atoms with Crippen molar-refractivity contribution in [2.45, 2.75) is 13.1 Å². The molecular formula is C32H29N4OPtSi-. The zero-order valence-electron chi connectivity index (χ0n) is 21.3. The minimum absolute atomic E-state index is 0. The van der Waals surface area contributed by atoms with E-state index in [-0.39, 0.29) is 21.1 Å². The molecule has 0 fully saturated rings. The van der Waals surface area contributed by atoms with Crippen LogP contribution in [0.15, 0.2) is 146 Å². The minimum atomic E-state index is -2.88. The van der Waals surface area contributed by atoms with Gasteiger partial charge in [0.25, 0.3) is 8.32 Å². The first-order valence-electron chi connectivity index (χ1n) is 12.6. The number of rotatable bonds is 7. The molecule has 6 rings (SSSR count).